The molecule has 3 N–H and O–H groups in total. The van der Waals surface area contributed by atoms with Gasteiger partial charge in [-0.25, -0.2) is 24.2 Å². The summed E-state index contributed by atoms with van der Waals surface area (Å²) in [7, 11) is 0. The molecule has 4 aliphatic heterocycles. The lowest BCUT2D eigenvalue weighted by atomic mass is 9.98. The van der Waals surface area contributed by atoms with Crippen LogP contribution in [0.4, 0.5) is 15.0 Å². The van der Waals surface area contributed by atoms with E-state index in [0.717, 1.165) is 56.7 Å². The number of benzene rings is 2. The van der Waals surface area contributed by atoms with E-state index in [9.17, 15) is 19.5 Å². The van der Waals surface area contributed by atoms with E-state index in [2.05, 4.69) is 27.0 Å². The molecule has 2 atom stereocenters. The highest BCUT2D eigenvalue weighted by molar-refractivity contribution is 5.91. The van der Waals surface area contributed by atoms with Crippen molar-refractivity contribution in [3.8, 4) is 5.75 Å². The first-order chi connectivity index (χ1) is 24.8. The molecule has 0 spiro atoms. The number of carbonyl (C=O) groups is 3. The van der Waals surface area contributed by atoms with Crippen LogP contribution in [0.3, 0.4) is 0 Å². The molecule has 5 heterocycles. The lowest BCUT2D eigenvalue weighted by Crippen LogP contribution is -2.76. The fraction of sp³-hybridized carbons (Fsp3) is 0.405. The van der Waals surface area contributed by atoms with Crippen molar-refractivity contribution in [1.82, 2.24) is 40.3 Å². The van der Waals surface area contributed by atoms with Crippen LogP contribution in [0.2, 0.25) is 0 Å². The zero-order chi connectivity index (χ0) is 35.5. The highest BCUT2D eigenvalue weighted by atomic mass is 19.1. The average molecular weight is 698 g/mol. The Hall–Kier alpha value is -5.05. The predicted octanol–water partition coefficient (Wildman–Crippen LogP) is 1.76. The van der Waals surface area contributed by atoms with Crippen LogP contribution < -0.4 is 15.5 Å². The number of halogens is 1. The number of aromatic hydroxyl groups is 1. The Morgan fingerprint density at radius 3 is 2.57 bits per heavy atom. The van der Waals surface area contributed by atoms with Gasteiger partial charge in [-0.1, -0.05) is 48.5 Å². The summed E-state index contributed by atoms with van der Waals surface area (Å²) in [5, 5.41) is 19.3. The molecule has 4 amide bonds. The molecule has 4 aliphatic rings. The lowest BCUT2D eigenvalue weighted by molar-refractivity contribution is -0.189. The van der Waals surface area contributed by atoms with E-state index < -0.39 is 24.1 Å². The molecule has 13 nitrogen and oxygen atoms in total. The second-order valence-electron chi connectivity index (χ2n) is 13.5. The number of fused-ring (bicyclic) bond motifs is 1. The standard InChI is InChI=1S/C37H44FN9O4/c1-2-15-45-25-35(49)46-32(18-27-11-12-30(48)19-31(27)38)36(50)44(24-34(46)47(45)37(51)40-20-26-7-4-3-5-8-26)21-28-9-6-10-33(41-28)43-22-29(23-43)42-16-13-39-14-17-42/h2-12,19,29,32,34,39,48H,1,13-18,20-25H2,(H,40,51)/t32-,34?/m0/s1. The first-order valence-electron chi connectivity index (χ1n) is 17.5. The Balaban J connectivity index is 1.16. The zero-order valence-electron chi connectivity index (χ0n) is 28.5. The van der Waals surface area contributed by atoms with Gasteiger partial charge in [0.25, 0.3) is 0 Å². The van der Waals surface area contributed by atoms with Crippen LogP contribution in [-0.4, -0.2) is 130 Å². The third kappa shape index (κ3) is 7.39. The normalized spacial score (nSPS) is 21.7. The zero-order valence-corrected chi connectivity index (χ0v) is 28.5. The number of hydrazine groups is 1. The minimum atomic E-state index is -1.11. The monoisotopic (exact) mass is 697 g/mol. The number of urea groups is 1. The Morgan fingerprint density at radius 2 is 1.82 bits per heavy atom. The maximum absolute atomic E-state index is 15.1. The Kier molecular flexibility index (Phi) is 10.2. The number of hydrogen-bond acceptors (Lipinski definition) is 9. The van der Waals surface area contributed by atoms with Crippen molar-refractivity contribution in [1.29, 1.82) is 0 Å². The van der Waals surface area contributed by atoms with E-state index >= 15 is 4.39 Å². The van der Waals surface area contributed by atoms with Gasteiger partial charge in [0.05, 0.1) is 25.3 Å². The Morgan fingerprint density at radius 1 is 1.04 bits per heavy atom. The SMILES string of the molecule is C=CCN1CC(=O)N2C(CN(Cc3cccc(N4CC(N5CCNCC5)C4)n3)C(=O)[C@@H]2Cc2ccc(O)cc2F)N1C(=O)NCc1ccccc1. The van der Waals surface area contributed by atoms with Crippen molar-refractivity contribution in [3.05, 3.63) is 102 Å². The number of pyridine rings is 1. The first-order valence-corrected chi connectivity index (χ1v) is 17.5. The number of anilines is 1. The second kappa shape index (κ2) is 15.1. The number of aromatic nitrogens is 1. The van der Waals surface area contributed by atoms with Gasteiger partial charge >= 0.3 is 6.03 Å². The van der Waals surface area contributed by atoms with Gasteiger partial charge in [0, 0.05) is 70.9 Å². The molecular weight excluding hydrogens is 653 g/mol. The molecule has 0 bridgehead atoms. The van der Waals surface area contributed by atoms with E-state index in [-0.39, 0.29) is 62.3 Å². The predicted molar refractivity (Wildman–Crippen MR) is 189 cm³/mol. The van der Waals surface area contributed by atoms with Crippen molar-refractivity contribution >= 4 is 23.7 Å². The molecule has 1 aromatic heterocycles. The van der Waals surface area contributed by atoms with Crippen LogP contribution in [-0.2, 0) is 29.1 Å². The molecule has 268 valence electrons. The van der Waals surface area contributed by atoms with Crippen LogP contribution in [0.5, 0.6) is 5.75 Å². The summed E-state index contributed by atoms with van der Waals surface area (Å²) < 4.78 is 15.1. The molecule has 3 aromatic rings. The Labute approximate surface area is 296 Å². The fourth-order valence-corrected chi connectivity index (χ4v) is 7.46. The highest BCUT2D eigenvalue weighted by Crippen LogP contribution is 2.31. The molecule has 2 aromatic carbocycles. The number of rotatable bonds is 10. The van der Waals surface area contributed by atoms with Crippen molar-refractivity contribution in [2.75, 3.05) is 63.8 Å². The maximum Gasteiger partial charge on any atom is 0.334 e. The summed E-state index contributed by atoms with van der Waals surface area (Å²) >= 11 is 0. The lowest BCUT2D eigenvalue weighted by Gasteiger charge is -2.55. The summed E-state index contributed by atoms with van der Waals surface area (Å²) in [5.41, 5.74) is 1.74. The van der Waals surface area contributed by atoms with Crippen LogP contribution in [0.1, 0.15) is 16.8 Å². The number of nitrogens with one attached hydrogen (secondary N) is 2. The Bertz CT molecular complexity index is 1750. The maximum atomic E-state index is 15.1. The molecule has 0 aliphatic carbocycles. The van der Waals surface area contributed by atoms with Gasteiger partial charge < -0.3 is 30.4 Å². The smallest absolute Gasteiger partial charge is 0.334 e. The molecule has 7 rings (SSSR count). The van der Waals surface area contributed by atoms with Crippen LogP contribution in [0.15, 0.2) is 79.4 Å². The summed E-state index contributed by atoms with van der Waals surface area (Å²) in [5.74, 6) is -0.824. The quantitative estimate of drug-likeness (QED) is 0.272. The van der Waals surface area contributed by atoms with E-state index in [4.69, 9.17) is 4.98 Å². The van der Waals surface area contributed by atoms with Crippen LogP contribution in [0, 0.1) is 5.82 Å². The third-order valence-corrected chi connectivity index (χ3v) is 10.1. The largest absolute Gasteiger partial charge is 0.508 e. The van der Waals surface area contributed by atoms with Gasteiger partial charge in [-0.3, -0.25) is 14.5 Å². The van der Waals surface area contributed by atoms with Gasteiger partial charge in [0.1, 0.15) is 29.6 Å². The van der Waals surface area contributed by atoms with Gasteiger partial charge in [0.2, 0.25) is 11.8 Å². The van der Waals surface area contributed by atoms with E-state index in [0.29, 0.717) is 11.7 Å². The number of piperazine rings is 2. The molecule has 14 heteroatoms. The number of amides is 4. The topological polar surface area (TPSA) is 128 Å². The molecular formula is C37H44FN9O4. The molecule has 0 radical (unpaired) electrons. The van der Waals surface area contributed by atoms with E-state index in [1.807, 2.05) is 48.5 Å². The molecule has 4 fully saturated rings. The van der Waals surface area contributed by atoms with Gasteiger partial charge in [0.15, 0.2) is 0 Å². The van der Waals surface area contributed by atoms with Crippen molar-refractivity contribution < 1.29 is 23.9 Å². The van der Waals surface area contributed by atoms with Gasteiger partial charge in [-0.05, 0) is 29.3 Å². The van der Waals surface area contributed by atoms with Crippen molar-refractivity contribution in [2.45, 2.75) is 37.8 Å². The van der Waals surface area contributed by atoms with Crippen LogP contribution in [0.25, 0.3) is 0 Å². The fourth-order valence-electron chi connectivity index (χ4n) is 7.46. The second-order valence-corrected chi connectivity index (χ2v) is 13.5. The third-order valence-electron chi connectivity index (χ3n) is 10.1. The molecule has 1 unspecified atom stereocenters. The first kappa shape index (κ1) is 34.4. The van der Waals surface area contributed by atoms with Gasteiger partial charge in [-0.15, -0.1) is 6.58 Å². The minimum absolute atomic E-state index is 0.0201. The van der Waals surface area contributed by atoms with Crippen molar-refractivity contribution in [3.63, 3.8) is 0 Å². The summed E-state index contributed by atoms with van der Waals surface area (Å²) in [4.78, 5) is 55.0. The van der Waals surface area contributed by atoms with E-state index in [1.165, 1.54) is 22.0 Å². The summed E-state index contributed by atoms with van der Waals surface area (Å²) in [6.45, 7) is 10.1. The number of nitrogens with zero attached hydrogens (tertiary/aromatic N) is 7. The highest BCUT2D eigenvalue weighted by Gasteiger charge is 2.51. The number of carbonyl (C=O) groups excluding carboxylic acids is 3. The van der Waals surface area contributed by atoms with Gasteiger partial charge in [-0.2, -0.15) is 0 Å². The molecule has 51 heavy (non-hydrogen) atoms. The number of phenolic OH excluding ortho intramolecular Hbond substituents is 1. The molecule has 4 saturated heterocycles. The van der Waals surface area contributed by atoms with Crippen molar-refractivity contribution in [2.24, 2.45) is 0 Å². The summed E-state index contributed by atoms with van der Waals surface area (Å²) in [6, 6.07) is 17.9. The average Bonchev–Trinajstić information content (AvgIpc) is 3.10. The number of phenols is 1. The van der Waals surface area contributed by atoms with Crippen LogP contribution >= 0.6 is 0 Å². The molecule has 0 saturated carbocycles. The minimum Gasteiger partial charge on any atom is -0.508 e. The van der Waals surface area contributed by atoms with E-state index in [1.54, 1.807) is 16.0 Å². The summed E-state index contributed by atoms with van der Waals surface area (Å²) in [6.07, 6.45) is 0.593. The number of hydrogen-bond donors (Lipinski definition) is 3.